The Morgan fingerprint density at radius 1 is 1.12 bits per heavy atom. The van der Waals surface area contributed by atoms with Crippen molar-refractivity contribution in [3.8, 4) is 11.5 Å². The minimum absolute atomic E-state index is 0.0768. The first-order chi connectivity index (χ1) is 16.0. The number of nitrogens with one attached hydrogen (secondary N) is 1. The number of imidazole rings is 1. The van der Waals surface area contributed by atoms with E-state index in [1.165, 1.54) is 19.1 Å². The molecule has 1 aliphatic rings. The summed E-state index contributed by atoms with van der Waals surface area (Å²) in [6, 6.07) is 12.8. The molecule has 0 saturated carbocycles. The Morgan fingerprint density at radius 3 is 2.58 bits per heavy atom. The zero-order chi connectivity index (χ0) is 23.4. The number of benzene rings is 2. The summed E-state index contributed by atoms with van der Waals surface area (Å²) in [7, 11) is 3.04. The van der Waals surface area contributed by atoms with E-state index in [0.29, 0.717) is 42.1 Å². The van der Waals surface area contributed by atoms with Gasteiger partial charge in [0, 0.05) is 24.1 Å². The van der Waals surface area contributed by atoms with Crippen molar-refractivity contribution in [3.05, 3.63) is 84.0 Å². The van der Waals surface area contributed by atoms with Gasteiger partial charge in [0.25, 0.3) is 5.91 Å². The first-order valence-corrected chi connectivity index (χ1v) is 10.6. The molecule has 1 N–H and O–H groups in total. The smallest absolute Gasteiger partial charge is 0.295 e. The predicted octanol–water partition coefficient (Wildman–Crippen LogP) is 1.63. The zero-order valence-corrected chi connectivity index (χ0v) is 18.5. The van der Waals surface area contributed by atoms with Crippen molar-refractivity contribution in [2.45, 2.75) is 19.0 Å². The van der Waals surface area contributed by atoms with Gasteiger partial charge in [-0.25, -0.2) is 4.57 Å². The van der Waals surface area contributed by atoms with Crippen molar-refractivity contribution in [1.82, 2.24) is 9.88 Å². The molecule has 1 amide bonds. The highest BCUT2D eigenvalue weighted by molar-refractivity contribution is 6.46. The van der Waals surface area contributed by atoms with Gasteiger partial charge in [-0.15, -0.1) is 0 Å². The number of Topliss-reactive ketones (excluding diaryl/α,β-unsaturated/α-hetero) is 1. The minimum Gasteiger partial charge on any atom is -0.872 e. The Hall–Kier alpha value is -4.07. The number of likely N-dealkylation sites (tertiary alicyclic amines) is 1. The summed E-state index contributed by atoms with van der Waals surface area (Å²) in [4.78, 5) is 30.7. The molecule has 1 unspecified atom stereocenters. The molecule has 1 saturated heterocycles. The van der Waals surface area contributed by atoms with Gasteiger partial charge in [-0.2, -0.15) is 0 Å². The van der Waals surface area contributed by atoms with Gasteiger partial charge >= 0.3 is 0 Å². The lowest BCUT2D eigenvalue weighted by atomic mass is 9.94. The van der Waals surface area contributed by atoms with Crippen molar-refractivity contribution in [2.75, 3.05) is 20.8 Å². The van der Waals surface area contributed by atoms with E-state index in [2.05, 4.69) is 4.98 Å². The number of nitrogens with zero attached hydrogens (tertiary/aromatic N) is 2. The largest absolute Gasteiger partial charge is 0.872 e. The fraction of sp³-hybridized carbons (Fsp3) is 0.240. The van der Waals surface area contributed by atoms with Gasteiger partial charge in [0.05, 0.1) is 26.8 Å². The lowest BCUT2D eigenvalue weighted by Gasteiger charge is -2.28. The number of hydrogen-bond acceptors (Lipinski definition) is 5. The maximum absolute atomic E-state index is 13.4. The third-order valence-corrected chi connectivity index (χ3v) is 5.71. The summed E-state index contributed by atoms with van der Waals surface area (Å²) in [6.07, 6.45) is 6.10. The fourth-order valence-electron chi connectivity index (χ4n) is 4.11. The van der Waals surface area contributed by atoms with Crippen LogP contribution in [0.2, 0.25) is 0 Å². The molecule has 4 rings (SSSR count). The van der Waals surface area contributed by atoms with Crippen LogP contribution in [-0.2, 0) is 16.1 Å². The molecule has 1 atom stereocenters. The molecule has 1 aliphatic heterocycles. The number of carbonyl (C=O) groups is 2. The fourth-order valence-corrected chi connectivity index (χ4v) is 4.11. The summed E-state index contributed by atoms with van der Waals surface area (Å²) in [5.41, 5.74) is 0.807. The lowest BCUT2D eigenvalue weighted by Crippen LogP contribution is -2.36. The summed E-state index contributed by atoms with van der Waals surface area (Å²) in [5, 5.41) is 13.4. The van der Waals surface area contributed by atoms with Crippen LogP contribution in [0.25, 0.3) is 5.76 Å². The SMILES string of the molecule is COc1ccc(OC)c(C2/C(=C(\[O-])c3ccccc3)C(=O)C(=O)N2CCC[n+]2cc[nH]c2)c1. The summed E-state index contributed by atoms with van der Waals surface area (Å²) in [6.45, 7) is 0.935. The van der Waals surface area contributed by atoms with E-state index >= 15 is 0 Å². The molecular formula is C25H25N3O5. The van der Waals surface area contributed by atoms with E-state index in [-0.39, 0.29) is 5.57 Å². The van der Waals surface area contributed by atoms with Crippen LogP contribution < -0.4 is 19.1 Å². The molecule has 170 valence electrons. The molecule has 0 aliphatic carbocycles. The van der Waals surface area contributed by atoms with E-state index in [4.69, 9.17) is 9.47 Å². The average Bonchev–Trinajstić information content (AvgIpc) is 3.46. The van der Waals surface area contributed by atoms with Crippen molar-refractivity contribution in [1.29, 1.82) is 0 Å². The van der Waals surface area contributed by atoms with Crippen LogP contribution in [0.4, 0.5) is 0 Å². The van der Waals surface area contributed by atoms with Gasteiger partial charge in [0.1, 0.15) is 23.9 Å². The molecule has 2 aromatic carbocycles. The van der Waals surface area contributed by atoms with Crippen LogP contribution in [0.5, 0.6) is 11.5 Å². The van der Waals surface area contributed by atoms with Crippen molar-refractivity contribution in [2.24, 2.45) is 0 Å². The number of carbonyl (C=O) groups excluding carboxylic acids is 2. The normalized spacial score (nSPS) is 17.4. The standard InChI is InChI=1S/C25H25N3O5/c1-32-18-9-10-20(33-2)19(15-18)22-21(23(29)17-7-4-3-5-8-17)24(30)25(31)28(22)13-6-12-27-14-11-26-16-27/h3-5,7-11,14-16,22H,6,12-13H2,1-2H3,(H,29,30). The van der Waals surface area contributed by atoms with E-state index in [1.54, 1.807) is 54.7 Å². The highest BCUT2D eigenvalue weighted by Crippen LogP contribution is 2.43. The third kappa shape index (κ3) is 4.32. The Balaban J connectivity index is 1.80. The van der Waals surface area contributed by atoms with Crippen LogP contribution in [0.15, 0.2) is 72.8 Å². The zero-order valence-electron chi connectivity index (χ0n) is 18.5. The number of H-pyrrole nitrogens is 1. The maximum Gasteiger partial charge on any atom is 0.295 e. The summed E-state index contributed by atoms with van der Waals surface area (Å²) >= 11 is 0. The first-order valence-electron chi connectivity index (χ1n) is 10.6. The summed E-state index contributed by atoms with van der Waals surface area (Å²) in [5.74, 6) is -0.943. The Morgan fingerprint density at radius 2 is 1.91 bits per heavy atom. The van der Waals surface area contributed by atoms with Gasteiger partial charge in [-0.05, 0) is 23.8 Å². The number of aromatic amines is 1. The van der Waals surface area contributed by atoms with Gasteiger partial charge < -0.3 is 19.5 Å². The van der Waals surface area contributed by atoms with Crippen LogP contribution in [0.1, 0.15) is 23.6 Å². The first kappa shape index (κ1) is 22.1. The van der Waals surface area contributed by atoms with Gasteiger partial charge in [-0.1, -0.05) is 36.1 Å². The molecule has 1 fully saturated rings. The number of methoxy groups -OCH3 is 2. The molecule has 8 heteroatoms. The number of ether oxygens (including phenoxy) is 2. The van der Waals surface area contributed by atoms with Crippen molar-refractivity contribution >= 4 is 17.4 Å². The number of hydrogen-bond donors (Lipinski definition) is 1. The van der Waals surface area contributed by atoms with Crippen LogP contribution in [0, 0.1) is 0 Å². The number of aromatic nitrogens is 2. The quantitative estimate of drug-likeness (QED) is 0.245. The molecule has 0 bridgehead atoms. The molecule has 2 heterocycles. The third-order valence-electron chi connectivity index (χ3n) is 5.71. The van der Waals surface area contributed by atoms with E-state index < -0.39 is 23.5 Å². The predicted molar refractivity (Wildman–Crippen MR) is 118 cm³/mol. The number of amides is 1. The van der Waals surface area contributed by atoms with Crippen LogP contribution in [-0.4, -0.2) is 42.3 Å². The molecule has 33 heavy (non-hydrogen) atoms. The Kier molecular flexibility index (Phi) is 6.44. The van der Waals surface area contributed by atoms with Crippen LogP contribution in [0.3, 0.4) is 0 Å². The Labute approximate surface area is 191 Å². The molecule has 8 nitrogen and oxygen atoms in total. The van der Waals surface area contributed by atoms with Gasteiger partial charge in [0.15, 0.2) is 0 Å². The molecule has 0 radical (unpaired) electrons. The molecule has 3 aromatic rings. The van der Waals surface area contributed by atoms with E-state index in [9.17, 15) is 14.7 Å². The highest BCUT2D eigenvalue weighted by atomic mass is 16.5. The second kappa shape index (κ2) is 9.60. The minimum atomic E-state index is -0.876. The molecular weight excluding hydrogens is 422 g/mol. The molecule has 1 aromatic heterocycles. The topological polar surface area (TPSA) is 98.6 Å². The van der Waals surface area contributed by atoms with Crippen LogP contribution >= 0.6 is 0 Å². The average molecular weight is 447 g/mol. The molecule has 0 spiro atoms. The number of aryl methyl sites for hydroxylation is 1. The second-order valence-electron chi connectivity index (χ2n) is 7.65. The Bertz CT molecular complexity index is 1170. The van der Waals surface area contributed by atoms with E-state index in [1.807, 2.05) is 17.1 Å². The highest BCUT2D eigenvalue weighted by Gasteiger charge is 2.45. The number of ketones is 1. The second-order valence-corrected chi connectivity index (χ2v) is 7.65. The van der Waals surface area contributed by atoms with Gasteiger partial charge in [-0.3, -0.25) is 14.6 Å². The van der Waals surface area contributed by atoms with E-state index in [0.717, 1.165) is 0 Å². The van der Waals surface area contributed by atoms with Gasteiger partial charge in [0.2, 0.25) is 12.1 Å². The monoisotopic (exact) mass is 447 g/mol. The number of rotatable bonds is 8. The lowest BCUT2D eigenvalue weighted by molar-refractivity contribution is -0.695. The van der Waals surface area contributed by atoms with Crippen molar-refractivity contribution in [3.63, 3.8) is 0 Å². The maximum atomic E-state index is 13.4. The summed E-state index contributed by atoms with van der Waals surface area (Å²) < 4.78 is 12.9. The van der Waals surface area contributed by atoms with Crippen molar-refractivity contribution < 1.29 is 28.7 Å².